The lowest BCUT2D eigenvalue weighted by Crippen LogP contribution is -2.44. The molecule has 2 heterocycles. The molecule has 2 fully saturated rings. The molecule has 182 valence electrons. The molecule has 0 aliphatic carbocycles. The molecular formula is C26H30Cl2FN3O2. The summed E-state index contributed by atoms with van der Waals surface area (Å²) in [5, 5.41) is 0.843. The van der Waals surface area contributed by atoms with Gasteiger partial charge in [-0.05, 0) is 87.1 Å². The normalized spacial score (nSPS) is 17.4. The highest BCUT2D eigenvalue weighted by Gasteiger charge is 2.29. The van der Waals surface area contributed by atoms with Gasteiger partial charge in [-0.15, -0.1) is 0 Å². The molecule has 34 heavy (non-hydrogen) atoms. The quantitative estimate of drug-likeness (QED) is 0.486. The number of carbonyl (C=O) groups is 2. The van der Waals surface area contributed by atoms with Gasteiger partial charge in [0.05, 0.1) is 16.6 Å². The van der Waals surface area contributed by atoms with Crippen molar-refractivity contribution in [2.75, 3.05) is 44.2 Å². The van der Waals surface area contributed by atoms with Gasteiger partial charge >= 0.3 is 6.03 Å². The molecular weight excluding hydrogens is 476 g/mol. The Morgan fingerprint density at radius 2 is 1.76 bits per heavy atom. The SMILES string of the molecule is O=C1CCN(C(=O)N(CCCN2CCC(Cc3ccc(F)cc3)CC2)c2ccc(Cl)c(Cl)c2)C1. The number of carbonyl (C=O) groups excluding carboxylic acids is 2. The molecule has 2 saturated heterocycles. The summed E-state index contributed by atoms with van der Waals surface area (Å²) in [5.74, 6) is 0.512. The Morgan fingerprint density at radius 3 is 2.41 bits per heavy atom. The van der Waals surface area contributed by atoms with E-state index in [1.807, 2.05) is 12.1 Å². The molecule has 0 atom stereocenters. The second-order valence-electron chi connectivity index (χ2n) is 9.21. The van der Waals surface area contributed by atoms with Crippen molar-refractivity contribution in [2.45, 2.75) is 32.1 Å². The van der Waals surface area contributed by atoms with Crippen molar-refractivity contribution < 1.29 is 14.0 Å². The molecule has 0 bridgehead atoms. The Labute approximate surface area is 210 Å². The highest BCUT2D eigenvalue weighted by Crippen LogP contribution is 2.29. The highest BCUT2D eigenvalue weighted by atomic mass is 35.5. The third-order valence-electron chi connectivity index (χ3n) is 6.74. The summed E-state index contributed by atoms with van der Waals surface area (Å²) in [6, 6.07) is 11.9. The van der Waals surface area contributed by atoms with E-state index in [4.69, 9.17) is 23.2 Å². The number of amides is 2. The lowest BCUT2D eigenvalue weighted by Gasteiger charge is -2.33. The van der Waals surface area contributed by atoms with Crippen molar-refractivity contribution in [3.05, 3.63) is 63.9 Å². The first-order chi connectivity index (χ1) is 16.4. The summed E-state index contributed by atoms with van der Waals surface area (Å²) < 4.78 is 13.1. The monoisotopic (exact) mass is 505 g/mol. The number of anilines is 1. The van der Waals surface area contributed by atoms with E-state index in [1.165, 1.54) is 17.7 Å². The van der Waals surface area contributed by atoms with Gasteiger partial charge in [-0.2, -0.15) is 0 Å². The summed E-state index contributed by atoms with van der Waals surface area (Å²) in [7, 11) is 0. The molecule has 0 saturated carbocycles. The number of ketones is 1. The number of rotatable bonds is 7. The van der Waals surface area contributed by atoms with E-state index in [0.29, 0.717) is 41.2 Å². The van der Waals surface area contributed by atoms with Crippen LogP contribution < -0.4 is 4.90 Å². The number of nitrogens with zero attached hydrogens (tertiary/aromatic N) is 3. The predicted octanol–water partition coefficient (Wildman–Crippen LogP) is 5.68. The summed E-state index contributed by atoms with van der Waals surface area (Å²) in [4.78, 5) is 30.7. The van der Waals surface area contributed by atoms with Gasteiger partial charge in [0.25, 0.3) is 0 Å². The molecule has 0 N–H and O–H groups in total. The topological polar surface area (TPSA) is 43.9 Å². The molecule has 2 aromatic carbocycles. The first-order valence-electron chi connectivity index (χ1n) is 11.9. The Bertz CT molecular complexity index is 1010. The summed E-state index contributed by atoms with van der Waals surface area (Å²) >= 11 is 12.3. The maximum Gasteiger partial charge on any atom is 0.324 e. The fourth-order valence-electron chi connectivity index (χ4n) is 4.77. The molecule has 0 unspecified atom stereocenters. The van der Waals surface area contributed by atoms with Crippen LogP contribution in [0.5, 0.6) is 0 Å². The summed E-state index contributed by atoms with van der Waals surface area (Å²) in [5.41, 5.74) is 1.88. The zero-order chi connectivity index (χ0) is 24.1. The van der Waals surface area contributed by atoms with Gasteiger partial charge in [0.1, 0.15) is 5.82 Å². The van der Waals surface area contributed by atoms with Crippen molar-refractivity contribution in [1.29, 1.82) is 0 Å². The average Bonchev–Trinajstić information content (AvgIpc) is 3.27. The summed E-state index contributed by atoms with van der Waals surface area (Å²) in [6.45, 7) is 4.10. The van der Waals surface area contributed by atoms with E-state index in [-0.39, 0.29) is 24.2 Å². The van der Waals surface area contributed by atoms with Gasteiger partial charge in [-0.3, -0.25) is 9.69 Å². The van der Waals surface area contributed by atoms with Crippen molar-refractivity contribution >= 4 is 40.7 Å². The molecule has 2 aliphatic rings. The van der Waals surface area contributed by atoms with Crippen LogP contribution in [0, 0.1) is 11.7 Å². The Morgan fingerprint density at radius 1 is 1.03 bits per heavy atom. The second-order valence-corrected chi connectivity index (χ2v) is 10.0. The van der Waals surface area contributed by atoms with Crippen LogP contribution >= 0.6 is 23.2 Å². The molecule has 0 aromatic heterocycles. The minimum absolute atomic E-state index is 0.0888. The van der Waals surface area contributed by atoms with E-state index in [1.54, 1.807) is 28.0 Å². The zero-order valence-corrected chi connectivity index (χ0v) is 20.7. The molecule has 5 nitrogen and oxygen atoms in total. The number of benzene rings is 2. The Hall–Kier alpha value is -2.15. The maximum atomic E-state index is 13.2. The number of halogens is 3. The first-order valence-corrected chi connectivity index (χ1v) is 12.6. The molecule has 2 amide bonds. The lowest BCUT2D eigenvalue weighted by atomic mass is 9.90. The zero-order valence-electron chi connectivity index (χ0n) is 19.2. The van der Waals surface area contributed by atoms with Crippen LogP contribution in [0.1, 0.15) is 31.2 Å². The van der Waals surface area contributed by atoms with E-state index >= 15 is 0 Å². The third kappa shape index (κ3) is 6.49. The molecule has 0 spiro atoms. The van der Waals surface area contributed by atoms with Crippen molar-refractivity contribution in [2.24, 2.45) is 5.92 Å². The van der Waals surface area contributed by atoms with Crippen LogP contribution in [0.3, 0.4) is 0 Å². The molecule has 0 radical (unpaired) electrons. The number of piperidine rings is 1. The molecule has 8 heteroatoms. The van der Waals surface area contributed by atoms with Gasteiger partial charge < -0.3 is 9.80 Å². The fourth-order valence-corrected chi connectivity index (χ4v) is 5.07. The Balaban J connectivity index is 1.30. The van der Waals surface area contributed by atoms with E-state index in [2.05, 4.69) is 4.90 Å². The van der Waals surface area contributed by atoms with Crippen LogP contribution in [0.15, 0.2) is 42.5 Å². The minimum Gasteiger partial charge on any atom is -0.317 e. The van der Waals surface area contributed by atoms with Crippen LogP contribution in [0.25, 0.3) is 0 Å². The third-order valence-corrected chi connectivity index (χ3v) is 7.48. The molecule has 2 aromatic rings. The number of hydrogen-bond donors (Lipinski definition) is 0. The predicted molar refractivity (Wildman–Crippen MR) is 134 cm³/mol. The number of likely N-dealkylation sites (tertiary alicyclic amines) is 2. The van der Waals surface area contributed by atoms with Gasteiger partial charge in [0, 0.05) is 25.2 Å². The summed E-state index contributed by atoms with van der Waals surface area (Å²) in [6.07, 6.45) is 4.44. The second kappa shape index (κ2) is 11.5. The highest BCUT2D eigenvalue weighted by molar-refractivity contribution is 6.42. The molecule has 4 rings (SSSR count). The van der Waals surface area contributed by atoms with E-state index in [9.17, 15) is 14.0 Å². The van der Waals surface area contributed by atoms with Crippen LogP contribution in [-0.4, -0.2) is 60.9 Å². The van der Waals surface area contributed by atoms with Crippen molar-refractivity contribution in [3.8, 4) is 0 Å². The maximum absolute atomic E-state index is 13.2. The average molecular weight is 506 g/mol. The lowest BCUT2D eigenvalue weighted by molar-refractivity contribution is -0.116. The number of Topliss-reactive ketones (excluding diaryl/α,β-unsaturated/α-hetero) is 1. The van der Waals surface area contributed by atoms with Crippen molar-refractivity contribution in [3.63, 3.8) is 0 Å². The van der Waals surface area contributed by atoms with Gasteiger partial charge in [0.15, 0.2) is 5.78 Å². The smallest absolute Gasteiger partial charge is 0.317 e. The van der Waals surface area contributed by atoms with Crippen molar-refractivity contribution in [1.82, 2.24) is 9.80 Å². The van der Waals surface area contributed by atoms with E-state index < -0.39 is 0 Å². The minimum atomic E-state index is -0.191. The number of urea groups is 1. The van der Waals surface area contributed by atoms with Crippen LogP contribution in [-0.2, 0) is 11.2 Å². The van der Waals surface area contributed by atoms with Gasteiger partial charge in [-0.25, -0.2) is 9.18 Å². The Kier molecular flexibility index (Phi) is 8.46. The van der Waals surface area contributed by atoms with Crippen LogP contribution in [0.2, 0.25) is 10.0 Å². The van der Waals surface area contributed by atoms with E-state index in [0.717, 1.165) is 45.3 Å². The molecule has 2 aliphatic heterocycles. The van der Waals surface area contributed by atoms with Gasteiger partial charge in [0.2, 0.25) is 0 Å². The first kappa shape index (κ1) is 25.0. The van der Waals surface area contributed by atoms with Gasteiger partial charge in [-0.1, -0.05) is 35.3 Å². The largest absolute Gasteiger partial charge is 0.324 e. The number of hydrogen-bond acceptors (Lipinski definition) is 3. The standard InChI is InChI=1S/C26H30Cl2FN3O2/c27-24-7-6-22(17-25(24)28)32(26(34)31-15-10-23(33)18-31)12-1-11-30-13-8-20(9-14-30)16-19-2-4-21(29)5-3-19/h2-7,17,20H,1,8-16,18H2. The fraction of sp³-hybridized carbons (Fsp3) is 0.462. The van der Waals surface area contributed by atoms with Crippen LogP contribution in [0.4, 0.5) is 14.9 Å².